The second-order valence-corrected chi connectivity index (χ2v) is 7.58. The second kappa shape index (κ2) is 6.15. The van der Waals surface area contributed by atoms with Crippen molar-refractivity contribution in [3.05, 3.63) is 29.8 Å². The molecular weight excluding hydrogens is 290 g/mol. The summed E-state index contributed by atoms with van der Waals surface area (Å²) in [6.07, 6.45) is 2.75. The Morgan fingerprint density at radius 3 is 2.38 bits per heavy atom. The van der Waals surface area contributed by atoms with E-state index >= 15 is 0 Å². The Bertz CT molecular complexity index is 616. The van der Waals surface area contributed by atoms with Gasteiger partial charge in [-0.3, -0.25) is 0 Å². The van der Waals surface area contributed by atoms with E-state index in [-0.39, 0.29) is 16.6 Å². The number of hydrogen-bond donors (Lipinski definition) is 1. The fraction of sp³-hybridized carbons (Fsp3) is 0.533. The van der Waals surface area contributed by atoms with Gasteiger partial charge in [0.25, 0.3) is 0 Å². The Kier molecular flexibility index (Phi) is 4.68. The van der Waals surface area contributed by atoms with Gasteiger partial charge in [-0.2, -0.15) is 0 Å². The van der Waals surface area contributed by atoms with Gasteiger partial charge in [0.1, 0.15) is 6.10 Å². The highest BCUT2D eigenvalue weighted by atomic mass is 32.2. The highest BCUT2D eigenvalue weighted by Gasteiger charge is 2.27. The summed E-state index contributed by atoms with van der Waals surface area (Å²) >= 11 is 0. The SMILES string of the molecule is CC1CC(C)CC(OC(=O)c2cccc(S(N)(=O)=O)c2)C1. The molecular formula is C15H21NO4S. The average Bonchev–Trinajstić information content (AvgIpc) is 2.36. The first-order valence-corrected chi connectivity index (χ1v) is 8.64. The van der Waals surface area contributed by atoms with Gasteiger partial charge in [0.2, 0.25) is 10.0 Å². The number of esters is 1. The van der Waals surface area contributed by atoms with Crippen molar-refractivity contribution in [1.82, 2.24) is 0 Å². The normalized spacial score (nSPS) is 26.3. The van der Waals surface area contributed by atoms with Crippen LogP contribution in [-0.4, -0.2) is 20.5 Å². The molecule has 6 heteroatoms. The first-order chi connectivity index (χ1) is 9.75. The molecule has 21 heavy (non-hydrogen) atoms. The lowest BCUT2D eigenvalue weighted by atomic mass is 9.82. The highest BCUT2D eigenvalue weighted by molar-refractivity contribution is 7.89. The van der Waals surface area contributed by atoms with Gasteiger partial charge in [-0.25, -0.2) is 18.4 Å². The third kappa shape index (κ3) is 4.28. The minimum atomic E-state index is -3.82. The first kappa shape index (κ1) is 16.0. The zero-order valence-electron chi connectivity index (χ0n) is 12.3. The molecule has 2 unspecified atom stereocenters. The van der Waals surface area contributed by atoms with Crippen LogP contribution >= 0.6 is 0 Å². The quantitative estimate of drug-likeness (QED) is 0.868. The number of benzene rings is 1. The van der Waals surface area contributed by atoms with Crippen LogP contribution in [0.4, 0.5) is 0 Å². The minimum absolute atomic E-state index is 0.0812. The Hall–Kier alpha value is -1.40. The van der Waals surface area contributed by atoms with Crippen LogP contribution < -0.4 is 5.14 Å². The lowest BCUT2D eigenvalue weighted by Crippen LogP contribution is -2.28. The van der Waals surface area contributed by atoms with Gasteiger partial charge in [-0.1, -0.05) is 19.9 Å². The van der Waals surface area contributed by atoms with E-state index in [1.54, 1.807) is 0 Å². The van der Waals surface area contributed by atoms with Crippen LogP contribution in [-0.2, 0) is 14.8 Å². The van der Waals surface area contributed by atoms with Gasteiger partial charge in [0.15, 0.2) is 0 Å². The Morgan fingerprint density at radius 1 is 1.19 bits per heavy atom. The third-order valence-electron chi connectivity index (χ3n) is 3.81. The van der Waals surface area contributed by atoms with Crippen molar-refractivity contribution in [1.29, 1.82) is 0 Å². The zero-order valence-corrected chi connectivity index (χ0v) is 13.1. The van der Waals surface area contributed by atoms with Gasteiger partial charge in [-0.15, -0.1) is 0 Å². The van der Waals surface area contributed by atoms with Crippen LogP contribution in [0.25, 0.3) is 0 Å². The van der Waals surface area contributed by atoms with E-state index in [2.05, 4.69) is 13.8 Å². The Balaban J connectivity index is 2.10. The van der Waals surface area contributed by atoms with E-state index in [4.69, 9.17) is 9.88 Å². The molecule has 2 rings (SSSR count). The standard InChI is InChI=1S/C15H21NO4S/c1-10-6-11(2)8-13(7-10)20-15(17)12-4-3-5-14(9-12)21(16,18)19/h3-5,9-11,13H,6-8H2,1-2H3,(H2,16,18,19). The minimum Gasteiger partial charge on any atom is -0.459 e. The predicted octanol–water partition coefficient (Wildman–Crippen LogP) is 2.32. The van der Waals surface area contributed by atoms with E-state index in [0.717, 1.165) is 19.3 Å². The summed E-state index contributed by atoms with van der Waals surface area (Å²) in [5.74, 6) is 0.566. The number of rotatable bonds is 3. The molecule has 1 aromatic carbocycles. The lowest BCUT2D eigenvalue weighted by molar-refractivity contribution is 0.00803. The summed E-state index contributed by atoms with van der Waals surface area (Å²) in [4.78, 5) is 12.1. The second-order valence-electron chi connectivity index (χ2n) is 6.02. The number of sulfonamides is 1. The van der Waals surface area contributed by atoms with Gasteiger partial charge in [0.05, 0.1) is 10.5 Å². The van der Waals surface area contributed by atoms with Crippen molar-refractivity contribution < 1.29 is 17.9 Å². The van der Waals surface area contributed by atoms with Crippen molar-refractivity contribution in [3.63, 3.8) is 0 Å². The molecule has 0 bridgehead atoms. The molecule has 2 atom stereocenters. The largest absolute Gasteiger partial charge is 0.459 e. The molecule has 116 valence electrons. The summed E-state index contributed by atoms with van der Waals surface area (Å²) in [6.45, 7) is 4.30. The summed E-state index contributed by atoms with van der Waals surface area (Å²) in [5.41, 5.74) is 0.215. The maximum atomic E-state index is 12.1. The number of nitrogens with two attached hydrogens (primary N) is 1. The predicted molar refractivity (Wildman–Crippen MR) is 79.2 cm³/mol. The van der Waals surface area contributed by atoms with Gasteiger partial charge in [0, 0.05) is 0 Å². The summed E-state index contributed by atoms with van der Waals surface area (Å²) < 4.78 is 28.1. The molecule has 1 aliphatic carbocycles. The van der Waals surface area contributed by atoms with Crippen LogP contribution in [0.5, 0.6) is 0 Å². The molecule has 0 amide bonds. The van der Waals surface area contributed by atoms with Crippen molar-refractivity contribution in [3.8, 4) is 0 Å². The van der Waals surface area contributed by atoms with Gasteiger partial charge in [-0.05, 0) is 49.3 Å². The zero-order chi connectivity index (χ0) is 15.6. The fourth-order valence-electron chi connectivity index (χ4n) is 2.99. The smallest absolute Gasteiger partial charge is 0.338 e. The van der Waals surface area contributed by atoms with Crippen LogP contribution in [0.3, 0.4) is 0 Å². The van der Waals surface area contributed by atoms with Crippen LogP contribution in [0.1, 0.15) is 43.5 Å². The highest BCUT2D eigenvalue weighted by Crippen LogP contribution is 2.30. The summed E-state index contributed by atoms with van der Waals surface area (Å²) in [6, 6.07) is 5.64. The van der Waals surface area contributed by atoms with Crippen molar-refractivity contribution in [2.75, 3.05) is 0 Å². The molecule has 0 heterocycles. The molecule has 0 aliphatic heterocycles. The van der Waals surface area contributed by atoms with E-state index in [1.807, 2.05) is 0 Å². The fourth-order valence-corrected chi connectivity index (χ4v) is 3.55. The number of primary sulfonamides is 1. The Labute approximate surface area is 125 Å². The number of carbonyl (C=O) groups is 1. The molecule has 0 saturated heterocycles. The van der Waals surface area contributed by atoms with Crippen molar-refractivity contribution in [2.24, 2.45) is 17.0 Å². The van der Waals surface area contributed by atoms with E-state index in [9.17, 15) is 13.2 Å². The van der Waals surface area contributed by atoms with Crippen LogP contribution in [0.2, 0.25) is 0 Å². The van der Waals surface area contributed by atoms with E-state index < -0.39 is 16.0 Å². The molecule has 1 aromatic rings. The number of hydrogen-bond acceptors (Lipinski definition) is 4. The average molecular weight is 311 g/mol. The monoisotopic (exact) mass is 311 g/mol. The first-order valence-electron chi connectivity index (χ1n) is 7.09. The van der Waals surface area contributed by atoms with E-state index in [0.29, 0.717) is 11.8 Å². The summed E-state index contributed by atoms with van der Waals surface area (Å²) in [7, 11) is -3.82. The topological polar surface area (TPSA) is 86.5 Å². The molecule has 0 radical (unpaired) electrons. The molecule has 1 saturated carbocycles. The van der Waals surface area contributed by atoms with Crippen LogP contribution in [0, 0.1) is 11.8 Å². The Morgan fingerprint density at radius 2 is 1.81 bits per heavy atom. The van der Waals surface area contributed by atoms with E-state index in [1.165, 1.54) is 24.3 Å². The van der Waals surface area contributed by atoms with Gasteiger partial charge >= 0.3 is 5.97 Å². The maximum Gasteiger partial charge on any atom is 0.338 e. The molecule has 1 fully saturated rings. The molecule has 1 aliphatic rings. The molecule has 5 nitrogen and oxygen atoms in total. The number of carbonyl (C=O) groups excluding carboxylic acids is 1. The molecule has 2 N–H and O–H groups in total. The third-order valence-corrected chi connectivity index (χ3v) is 4.72. The molecule has 0 spiro atoms. The van der Waals surface area contributed by atoms with Crippen molar-refractivity contribution >= 4 is 16.0 Å². The van der Waals surface area contributed by atoms with Crippen molar-refractivity contribution in [2.45, 2.75) is 44.1 Å². The summed E-state index contributed by atoms with van der Waals surface area (Å²) in [5, 5.41) is 5.07. The van der Waals surface area contributed by atoms with Gasteiger partial charge < -0.3 is 4.74 Å². The lowest BCUT2D eigenvalue weighted by Gasteiger charge is -2.31. The molecule has 0 aromatic heterocycles. The van der Waals surface area contributed by atoms with Crippen LogP contribution in [0.15, 0.2) is 29.2 Å². The maximum absolute atomic E-state index is 12.1. The number of ether oxygens (including phenoxy) is 1.